The molecular formula is C8H10ClN7. The highest BCUT2D eigenvalue weighted by molar-refractivity contribution is 6.30. The Bertz CT molecular complexity index is 481. The molecule has 2 aromatic heterocycles. The van der Waals surface area contributed by atoms with E-state index in [1.807, 2.05) is 6.92 Å². The van der Waals surface area contributed by atoms with Gasteiger partial charge < -0.3 is 5.32 Å². The van der Waals surface area contributed by atoms with Gasteiger partial charge in [-0.05, 0) is 13.8 Å². The molecule has 0 saturated carbocycles. The van der Waals surface area contributed by atoms with E-state index in [9.17, 15) is 0 Å². The Kier molecular flexibility index (Phi) is 2.95. The number of aromatic nitrogens is 6. The monoisotopic (exact) mass is 239 g/mol. The molecule has 0 unspecified atom stereocenters. The highest BCUT2D eigenvalue weighted by Crippen LogP contribution is 2.19. The Morgan fingerprint density at radius 3 is 2.81 bits per heavy atom. The molecule has 84 valence electrons. The van der Waals surface area contributed by atoms with Gasteiger partial charge in [-0.2, -0.15) is 5.21 Å². The number of hydrogen-bond donors (Lipinski definition) is 2. The number of hydrogen-bond acceptors (Lipinski definition) is 6. The summed E-state index contributed by atoms with van der Waals surface area (Å²) in [6.07, 6.45) is 0. The number of aryl methyl sites for hydroxylation is 1. The number of aromatic amines is 1. The first-order valence-corrected chi connectivity index (χ1v) is 5.01. The van der Waals surface area contributed by atoms with Gasteiger partial charge in [0.15, 0.2) is 5.82 Å². The fraction of sp³-hybridized carbons (Fsp3) is 0.375. The van der Waals surface area contributed by atoms with Crippen molar-refractivity contribution in [1.82, 2.24) is 30.6 Å². The van der Waals surface area contributed by atoms with E-state index in [-0.39, 0.29) is 0 Å². The van der Waals surface area contributed by atoms with Gasteiger partial charge >= 0.3 is 0 Å². The number of H-pyrrole nitrogens is 1. The van der Waals surface area contributed by atoms with Crippen molar-refractivity contribution in [2.24, 2.45) is 0 Å². The minimum absolute atomic E-state index is 0.435. The van der Waals surface area contributed by atoms with E-state index in [0.29, 0.717) is 29.2 Å². The van der Waals surface area contributed by atoms with Crippen LogP contribution in [0.5, 0.6) is 0 Å². The van der Waals surface area contributed by atoms with E-state index in [1.165, 1.54) is 0 Å². The van der Waals surface area contributed by atoms with Gasteiger partial charge in [-0.15, -0.1) is 10.2 Å². The number of nitrogens with one attached hydrogen (secondary N) is 2. The van der Waals surface area contributed by atoms with Crippen molar-refractivity contribution in [3.05, 3.63) is 22.4 Å². The molecule has 0 aliphatic heterocycles. The van der Waals surface area contributed by atoms with E-state index in [1.54, 1.807) is 6.92 Å². The second-order valence-corrected chi connectivity index (χ2v) is 3.57. The van der Waals surface area contributed by atoms with Gasteiger partial charge in [-0.1, -0.05) is 16.8 Å². The number of anilines is 1. The van der Waals surface area contributed by atoms with Crippen LogP contribution in [-0.2, 0) is 6.54 Å². The number of halogens is 1. The van der Waals surface area contributed by atoms with E-state index in [0.717, 1.165) is 5.56 Å². The molecule has 0 atom stereocenters. The predicted molar refractivity (Wildman–Crippen MR) is 58.0 cm³/mol. The first kappa shape index (κ1) is 10.7. The summed E-state index contributed by atoms with van der Waals surface area (Å²) in [6, 6.07) is 0. The van der Waals surface area contributed by atoms with E-state index < -0.39 is 0 Å². The Balaban J connectivity index is 2.15. The molecule has 7 nitrogen and oxygen atoms in total. The van der Waals surface area contributed by atoms with Gasteiger partial charge in [-0.3, -0.25) is 0 Å². The lowest BCUT2D eigenvalue weighted by Crippen LogP contribution is -2.07. The third-order valence-corrected chi connectivity index (χ3v) is 2.37. The largest absolute Gasteiger partial charge is 0.362 e. The lowest BCUT2D eigenvalue weighted by Gasteiger charge is -2.08. The molecule has 2 heterocycles. The molecule has 2 rings (SSSR count). The van der Waals surface area contributed by atoms with Crippen molar-refractivity contribution < 1.29 is 0 Å². The Labute approximate surface area is 96.6 Å². The molecule has 16 heavy (non-hydrogen) atoms. The summed E-state index contributed by atoms with van der Waals surface area (Å²) >= 11 is 5.94. The molecule has 0 aliphatic carbocycles. The lowest BCUT2D eigenvalue weighted by atomic mass is 10.3. The molecule has 0 spiro atoms. The van der Waals surface area contributed by atoms with Gasteiger partial charge in [0.2, 0.25) is 0 Å². The molecule has 0 fully saturated rings. The first-order valence-electron chi connectivity index (χ1n) is 4.63. The minimum Gasteiger partial charge on any atom is -0.362 e. The zero-order chi connectivity index (χ0) is 11.5. The Morgan fingerprint density at radius 1 is 1.31 bits per heavy atom. The molecule has 2 N–H and O–H groups in total. The maximum atomic E-state index is 5.94. The van der Waals surface area contributed by atoms with Gasteiger partial charge in [0.25, 0.3) is 0 Å². The van der Waals surface area contributed by atoms with Crippen molar-refractivity contribution in [3.63, 3.8) is 0 Å². The summed E-state index contributed by atoms with van der Waals surface area (Å²) in [5, 5.41) is 17.0. The minimum atomic E-state index is 0.435. The molecule has 0 amide bonds. The average molecular weight is 240 g/mol. The third-order valence-electron chi connectivity index (χ3n) is 2.00. The van der Waals surface area contributed by atoms with Crippen LogP contribution in [0.25, 0.3) is 0 Å². The summed E-state index contributed by atoms with van der Waals surface area (Å²) in [5.41, 5.74) is 0.802. The summed E-state index contributed by atoms with van der Waals surface area (Å²) in [4.78, 5) is 8.28. The summed E-state index contributed by atoms with van der Waals surface area (Å²) < 4.78 is 0. The van der Waals surface area contributed by atoms with Crippen LogP contribution in [0, 0.1) is 13.8 Å². The van der Waals surface area contributed by atoms with Crippen LogP contribution in [0.15, 0.2) is 0 Å². The van der Waals surface area contributed by atoms with Crippen molar-refractivity contribution in [2.45, 2.75) is 20.4 Å². The van der Waals surface area contributed by atoms with Crippen molar-refractivity contribution in [3.8, 4) is 0 Å². The lowest BCUT2D eigenvalue weighted by molar-refractivity contribution is 0.881. The van der Waals surface area contributed by atoms with E-state index in [4.69, 9.17) is 11.6 Å². The second-order valence-electron chi connectivity index (χ2n) is 3.22. The highest BCUT2D eigenvalue weighted by atomic mass is 35.5. The molecule has 0 aromatic carbocycles. The molecule has 0 radical (unpaired) electrons. The zero-order valence-electron chi connectivity index (χ0n) is 8.82. The molecule has 0 bridgehead atoms. The van der Waals surface area contributed by atoms with Crippen LogP contribution in [-0.4, -0.2) is 30.6 Å². The van der Waals surface area contributed by atoms with Crippen LogP contribution in [0.1, 0.15) is 17.2 Å². The van der Waals surface area contributed by atoms with Crippen molar-refractivity contribution in [1.29, 1.82) is 0 Å². The quantitative estimate of drug-likeness (QED) is 0.773. The van der Waals surface area contributed by atoms with E-state index >= 15 is 0 Å². The van der Waals surface area contributed by atoms with Crippen LogP contribution in [0.2, 0.25) is 5.15 Å². The highest BCUT2D eigenvalue weighted by Gasteiger charge is 2.07. The van der Waals surface area contributed by atoms with Crippen LogP contribution in [0.4, 0.5) is 5.82 Å². The molecule has 0 aliphatic rings. The molecule has 0 saturated heterocycles. The third kappa shape index (κ3) is 2.25. The summed E-state index contributed by atoms with van der Waals surface area (Å²) in [7, 11) is 0. The first-order chi connectivity index (χ1) is 7.66. The fourth-order valence-corrected chi connectivity index (χ4v) is 1.40. The van der Waals surface area contributed by atoms with Crippen molar-refractivity contribution in [2.75, 3.05) is 5.32 Å². The maximum absolute atomic E-state index is 5.94. The number of rotatable bonds is 3. The van der Waals surface area contributed by atoms with Gasteiger partial charge in [0.05, 0.1) is 6.54 Å². The zero-order valence-corrected chi connectivity index (χ0v) is 9.58. The van der Waals surface area contributed by atoms with Gasteiger partial charge in [0.1, 0.15) is 16.8 Å². The predicted octanol–water partition coefficient (Wildman–Crippen LogP) is 0.872. The smallest absolute Gasteiger partial charge is 0.193 e. The Hall–Kier alpha value is -1.76. The SMILES string of the molecule is Cc1nc(Cl)c(C)c(NCc2nn[nH]n2)n1. The van der Waals surface area contributed by atoms with Crippen LogP contribution < -0.4 is 5.32 Å². The normalized spacial score (nSPS) is 10.4. The molecule has 8 heteroatoms. The van der Waals surface area contributed by atoms with Crippen molar-refractivity contribution >= 4 is 17.4 Å². The van der Waals surface area contributed by atoms with E-state index in [2.05, 4.69) is 35.9 Å². The van der Waals surface area contributed by atoms with Crippen LogP contribution in [0.3, 0.4) is 0 Å². The maximum Gasteiger partial charge on any atom is 0.193 e. The topological polar surface area (TPSA) is 92.3 Å². The number of tetrazole rings is 1. The molecule has 2 aromatic rings. The van der Waals surface area contributed by atoms with Gasteiger partial charge in [0, 0.05) is 5.56 Å². The average Bonchev–Trinajstić information content (AvgIpc) is 2.74. The second kappa shape index (κ2) is 4.40. The summed E-state index contributed by atoms with van der Waals surface area (Å²) in [5.74, 6) is 1.86. The fourth-order valence-electron chi connectivity index (χ4n) is 1.19. The Morgan fingerprint density at radius 2 is 2.12 bits per heavy atom. The van der Waals surface area contributed by atoms with Crippen LogP contribution >= 0.6 is 11.6 Å². The molecular weight excluding hydrogens is 230 g/mol. The van der Waals surface area contributed by atoms with Gasteiger partial charge in [-0.25, -0.2) is 9.97 Å². The standard InChI is InChI=1S/C8H10ClN7/c1-4-7(9)11-5(2)12-8(4)10-3-6-13-15-16-14-6/h3H2,1-2H3,(H,10,11,12)(H,13,14,15,16). The number of nitrogens with zero attached hydrogens (tertiary/aromatic N) is 5. The summed E-state index contributed by atoms with van der Waals surface area (Å²) in [6.45, 7) is 4.06.